The number of nitrogens with two attached hydrogens (primary N) is 1. The topological polar surface area (TPSA) is 38.0 Å². The molecule has 96 valence electrons. The molecule has 5 heteroatoms. The number of rotatable bonds is 4. The van der Waals surface area contributed by atoms with Crippen LogP contribution in [0.15, 0.2) is 0 Å². The average Bonchev–Trinajstić information content (AvgIpc) is 2.25. The SMILES string of the molecule is C[C@@H](CN)NCC1CCCCC1C(F)(F)F. The van der Waals surface area contributed by atoms with Gasteiger partial charge >= 0.3 is 6.18 Å². The Bertz CT molecular complexity index is 206. The van der Waals surface area contributed by atoms with E-state index >= 15 is 0 Å². The molecule has 2 nitrogen and oxygen atoms in total. The highest BCUT2D eigenvalue weighted by Gasteiger charge is 2.45. The fourth-order valence-electron chi connectivity index (χ4n) is 2.32. The van der Waals surface area contributed by atoms with Gasteiger partial charge in [0.25, 0.3) is 0 Å². The van der Waals surface area contributed by atoms with Crippen LogP contribution in [0.25, 0.3) is 0 Å². The van der Waals surface area contributed by atoms with Crippen molar-refractivity contribution in [3.8, 4) is 0 Å². The van der Waals surface area contributed by atoms with E-state index < -0.39 is 12.1 Å². The summed E-state index contributed by atoms with van der Waals surface area (Å²) in [7, 11) is 0. The minimum Gasteiger partial charge on any atom is -0.329 e. The monoisotopic (exact) mass is 238 g/mol. The second-order valence-corrected chi connectivity index (χ2v) is 4.74. The molecule has 0 amide bonds. The summed E-state index contributed by atoms with van der Waals surface area (Å²) in [5.74, 6) is -1.40. The first-order valence-electron chi connectivity index (χ1n) is 5.95. The van der Waals surface area contributed by atoms with Crippen LogP contribution in [0, 0.1) is 11.8 Å². The molecular formula is C11H21F3N2. The van der Waals surface area contributed by atoms with Gasteiger partial charge in [0.15, 0.2) is 0 Å². The Morgan fingerprint density at radius 3 is 2.50 bits per heavy atom. The predicted octanol–water partition coefficient (Wildman–Crippen LogP) is 2.29. The lowest BCUT2D eigenvalue weighted by molar-refractivity contribution is -0.195. The Kier molecular flexibility index (Phi) is 5.05. The van der Waals surface area contributed by atoms with Gasteiger partial charge in [-0.05, 0) is 32.2 Å². The molecule has 3 N–H and O–H groups in total. The fraction of sp³-hybridized carbons (Fsp3) is 1.00. The molecule has 0 aromatic heterocycles. The van der Waals surface area contributed by atoms with Crippen molar-refractivity contribution in [2.45, 2.75) is 44.8 Å². The van der Waals surface area contributed by atoms with Crippen LogP contribution in [-0.2, 0) is 0 Å². The zero-order valence-electron chi connectivity index (χ0n) is 9.69. The summed E-state index contributed by atoms with van der Waals surface area (Å²) in [5, 5.41) is 3.08. The summed E-state index contributed by atoms with van der Waals surface area (Å²) in [6.45, 7) is 2.79. The van der Waals surface area contributed by atoms with E-state index in [-0.39, 0.29) is 18.4 Å². The van der Waals surface area contributed by atoms with E-state index in [1.54, 1.807) is 0 Å². The largest absolute Gasteiger partial charge is 0.392 e. The van der Waals surface area contributed by atoms with E-state index in [0.29, 0.717) is 25.9 Å². The Morgan fingerprint density at radius 1 is 1.31 bits per heavy atom. The highest BCUT2D eigenvalue weighted by atomic mass is 19.4. The second-order valence-electron chi connectivity index (χ2n) is 4.74. The van der Waals surface area contributed by atoms with Crippen molar-refractivity contribution < 1.29 is 13.2 Å². The summed E-state index contributed by atoms with van der Waals surface area (Å²) in [5.41, 5.74) is 5.42. The molecule has 1 fully saturated rings. The van der Waals surface area contributed by atoms with Gasteiger partial charge in [-0.2, -0.15) is 13.2 Å². The van der Waals surface area contributed by atoms with E-state index in [0.717, 1.165) is 6.42 Å². The van der Waals surface area contributed by atoms with Crippen LogP contribution in [0.4, 0.5) is 13.2 Å². The Hall–Kier alpha value is -0.290. The standard InChI is InChI=1S/C11H21F3N2/c1-8(6-15)16-7-9-4-2-3-5-10(9)11(12,13)14/h8-10,16H,2-7,15H2,1H3/t8-,9?,10?/m0/s1. The third-order valence-corrected chi connectivity index (χ3v) is 3.41. The minimum absolute atomic E-state index is 0.0933. The van der Waals surface area contributed by atoms with E-state index in [1.165, 1.54) is 0 Å². The molecular weight excluding hydrogens is 217 g/mol. The van der Waals surface area contributed by atoms with Crippen LogP contribution in [-0.4, -0.2) is 25.3 Å². The number of halogens is 3. The molecule has 0 aromatic rings. The summed E-state index contributed by atoms with van der Waals surface area (Å²) in [6.07, 6.45) is -1.47. The van der Waals surface area contributed by atoms with Crippen LogP contribution < -0.4 is 11.1 Å². The maximum absolute atomic E-state index is 12.7. The van der Waals surface area contributed by atoms with Gasteiger partial charge in [-0.3, -0.25) is 0 Å². The summed E-state index contributed by atoms with van der Waals surface area (Å²) < 4.78 is 38.2. The number of nitrogens with one attached hydrogen (secondary N) is 1. The molecule has 1 rings (SSSR count). The first-order chi connectivity index (χ1) is 7.45. The summed E-state index contributed by atoms with van der Waals surface area (Å²) >= 11 is 0. The minimum atomic E-state index is -4.04. The Labute approximate surface area is 94.8 Å². The van der Waals surface area contributed by atoms with Gasteiger partial charge in [0.2, 0.25) is 0 Å². The van der Waals surface area contributed by atoms with E-state index in [4.69, 9.17) is 5.73 Å². The molecule has 0 heterocycles. The maximum atomic E-state index is 12.7. The maximum Gasteiger partial charge on any atom is 0.392 e. The molecule has 0 spiro atoms. The third kappa shape index (κ3) is 3.94. The first kappa shape index (κ1) is 13.8. The van der Waals surface area contributed by atoms with Gasteiger partial charge in [0, 0.05) is 12.6 Å². The summed E-state index contributed by atoms with van der Waals surface area (Å²) in [6, 6.07) is 0.0933. The highest BCUT2D eigenvalue weighted by Crippen LogP contribution is 2.41. The van der Waals surface area contributed by atoms with Crippen LogP contribution in [0.3, 0.4) is 0 Å². The van der Waals surface area contributed by atoms with Crippen molar-refractivity contribution in [1.82, 2.24) is 5.32 Å². The summed E-state index contributed by atoms with van der Waals surface area (Å²) in [4.78, 5) is 0. The molecule has 1 aliphatic rings. The number of hydrogen-bond acceptors (Lipinski definition) is 2. The van der Waals surface area contributed by atoms with Crippen molar-refractivity contribution in [3.05, 3.63) is 0 Å². The molecule has 0 aromatic carbocycles. The zero-order valence-corrected chi connectivity index (χ0v) is 9.69. The van der Waals surface area contributed by atoms with E-state index in [9.17, 15) is 13.2 Å². The second kappa shape index (κ2) is 5.87. The molecule has 2 unspecified atom stereocenters. The Morgan fingerprint density at radius 2 is 1.94 bits per heavy atom. The van der Waals surface area contributed by atoms with Crippen LogP contribution in [0.1, 0.15) is 32.6 Å². The third-order valence-electron chi connectivity index (χ3n) is 3.41. The molecule has 16 heavy (non-hydrogen) atoms. The number of hydrogen-bond donors (Lipinski definition) is 2. The Balaban J connectivity index is 2.47. The lowest BCUT2D eigenvalue weighted by Gasteiger charge is -2.33. The predicted molar refractivity (Wildman–Crippen MR) is 58.0 cm³/mol. The van der Waals surface area contributed by atoms with Gasteiger partial charge in [0.1, 0.15) is 0 Å². The lowest BCUT2D eigenvalue weighted by Crippen LogP contribution is -2.42. The fourth-order valence-corrected chi connectivity index (χ4v) is 2.32. The average molecular weight is 238 g/mol. The van der Waals surface area contributed by atoms with Crippen LogP contribution in [0.2, 0.25) is 0 Å². The lowest BCUT2D eigenvalue weighted by atomic mass is 9.78. The number of alkyl halides is 3. The molecule has 3 atom stereocenters. The molecule has 1 aliphatic carbocycles. The molecule has 0 aliphatic heterocycles. The normalized spacial score (nSPS) is 29.1. The molecule has 0 radical (unpaired) electrons. The zero-order chi connectivity index (χ0) is 12.2. The van der Waals surface area contributed by atoms with Gasteiger partial charge in [-0.25, -0.2) is 0 Å². The van der Waals surface area contributed by atoms with Gasteiger partial charge in [-0.15, -0.1) is 0 Å². The van der Waals surface area contributed by atoms with E-state index in [1.807, 2.05) is 6.92 Å². The van der Waals surface area contributed by atoms with Crippen molar-refractivity contribution in [2.75, 3.05) is 13.1 Å². The van der Waals surface area contributed by atoms with Crippen LogP contribution in [0.5, 0.6) is 0 Å². The van der Waals surface area contributed by atoms with Crippen molar-refractivity contribution in [2.24, 2.45) is 17.6 Å². The van der Waals surface area contributed by atoms with Crippen molar-refractivity contribution in [1.29, 1.82) is 0 Å². The van der Waals surface area contributed by atoms with E-state index in [2.05, 4.69) is 5.32 Å². The first-order valence-corrected chi connectivity index (χ1v) is 5.95. The van der Waals surface area contributed by atoms with Gasteiger partial charge < -0.3 is 11.1 Å². The van der Waals surface area contributed by atoms with Crippen LogP contribution >= 0.6 is 0 Å². The molecule has 0 bridgehead atoms. The molecule has 0 saturated heterocycles. The molecule has 1 saturated carbocycles. The van der Waals surface area contributed by atoms with Crippen molar-refractivity contribution in [3.63, 3.8) is 0 Å². The highest BCUT2D eigenvalue weighted by molar-refractivity contribution is 4.82. The van der Waals surface area contributed by atoms with Crippen molar-refractivity contribution >= 4 is 0 Å². The smallest absolute Gasteiger partial charge is 0.329 e. The quantitative estimate of drug-likeness (QED) is 0.788. The van der Waals surface area contributed by atoms with Gasteiger partial charge in [-0.1, -0.05) is 12.8 Å². The van der Waals surface area contributed by atoms with Gasteiger partial charge in [0.05, 0.1) is 5.92 Å².